The van der Waals surface area contributed by atoms with Crippen molar-refractivity contribution in [2.24, 2.45) is 11.1 Å². The topological polar surface area (TPSA) is 52.8 Å². The van der Waals surface area contributed by atoms with Crippen molar-refractivity contribution in [2.75, 3.05) is 0 Å². The predicted octanol–water partition coefficient (Wildman–Crippen LogP) is 2.41. The van der Waals surface area contributed by atoms with E-state index in [1.807, 2.05) is 13.8 Å². The maximum Gasteiger partial charge on any atom is 0.0591 e. The van der Waals surface area contributed by atoms with E-state index in [1.54, 1.807) is 0 Å². The Labute approximate surface area is 80.5 Å². The first-order chi connectivity index (χ1) is 5.95. The summed E-state index contributed by atoms with van der Waals surface area (Å²) in [5.41, 5.74) is -0.551. The summed E-state index contributed by atoms with van der Waals surface area (Å²) in [7, 11) is 0. The number of oxime groups is 1. The normalized spacial score (nSPS) is 15.1. The van der Waals surface area contributed by atoms with Crippen LogP contribution in [0, 0.1) is 5.92 Å². The molecule has 0 saturated heterocycles. The van der Waals surface area contributed by atoms with Crippen molar-refractivity contribution in [3.63, 3.8) is 0 Å². The molecule has 78 valence electrons. The Kier molecular flexibility index (Phi) is 5.71. The van der Waals surface area contributed by atoms with Crippen LogP contribution in [0.4, 0.5) is 0 Å². The van der Waals surface area contributed by atoms with Gasteiger partial charge in [0.1, 0.15) is 0 Å². The van der Waals surface area contributed by atoms with Crippen LogP contribution in [0.2, 0.25) is 0 Å². The van der Waals surface area contributed by atoms with Crippen LogP contribution in [0.25, 0.3) is 0 Å². The van der Waals surface area contributed by atoms with Crippen molar-refractivity contribution in [2.45, 2.75) is 52.1 Å². The highest BCUT2D eigenvalue weighted by Crippen LogP contribution is 2.16. The van der Waals surface area contributed by atoms with Gasteiger partial charge in [-0.3, -0.25) is 0 Å². The zero-order chi connectivity index (χ0) is 10.3. The summed E-state index contributed by atoms with van der Waals surface area (Å²) in [5, 5.41) is 20.6. The lowest BCUT2D eigenvalue weighted by molar-refractivity contribution is 0.0671. The third kappa shape index (κ3) is 9.34. The highest BCUT2D eigenvalue weighted by atomic mass is 16.4. The Balaban J connectivity index is 3.42. The second-order valence-electron chi connectivity index (χ2n) is 4.34. The van der Waals surface area contributed by atoms with Crippen LogP contribution in [0.5, 0.6) is 0 Å². The fourth-order valence-electron chi connectivity index (χ4n) is 1.23. The molecule has 3 nitrogen and oxygen atoms in total. The summed E-state index contributed by atoms with van der Waals surface area (Å²) in [4.78, 5) is 0. The van der Waals surface area contributed by atoms with Crippen LogP contribution in [0.3, 0.4) is 0 Å². The first-order valence-electron chi connectivity index (χ1n) is 4.84. The quantitative estimate of drug-likeness (QED) is 0.381. The van der Waals surface area contributed by atoms with Crippen LogP contribution in [-0.4, -0.2) is 22.1 Å². The molecule has 0 saturated carbocycles. The third-order valence-corrected chi connectivity index (χ3v) is 2.07. The minimum atomic E-state index is -0.551. The van der Waals surface area contributed by atoms with Crippen molar-refractivity contribution in [1.82, 2.24) is 0 Å². The van der Waals surface area contributed by atoms with Gasteiger partial charge in [0, 0.05) is 6.21 Å². The molecule has 0 amide bonds. The fraction of sp³-hybridized carbons (Fsp3) is 0.900. The van der Waals surface area contributed by atoms with Crippen molar-refractivity contribution in [3.8, 4) is 0 Å². The molecule has 0 unspecified atom stereocenters. The van der Waals surface area contributed by atoms with E-state index in [4.69, 9.17) is 5.21 Å². The van der Waals surface area contributed by atoms with E-state index in [2.05, 4.69) is 12.1 Å². The largest absolute Gasteiger partial charge is 0.411 e. The molecule has 0 fully saturated rings. The number of rotatable bonds is 6. The first kappa shape index (κ1) is 12.4. The van der Waals surface area contributed by atoms with Crippen LogP contribution >= 0.6 is 0 Å². The maximum absolute atomic E-state index is 9.44. The Morgan fingerprint density at radius 3 is 2.54 bits per heavy atom. The molecule has 0 aliphatic rings. The van der Waals surface area contributed by atoms with Gasteiger partial charge in [-0.1, -0.05) is 19.8 Å². The summed E-state index contributed by atoms with van der Waals surface area (Å²) in [6.45, 7) is 5.77. The van der Waals surface area contributed by atoms with Crippen LogP contribution in [0.15, 0.2) is 5.16 Å². The van der Waals surface area contributed by atoms with Crippen molar-refractivity contribution in [1.29, 1.82) is 0 Å². The minimum absolute atomic E-state index is 0.526. The van der Waals surface area contributed by atoms with E-state index in [0.717, 1.165) is 25.7 Å². The van der Waals surface area contributed by atoms with Gasteiger partial charge in [-0.05, 0) is 32.6 Å². The van der Waals surface area contributed by atoms with Crippen molar-refractivity contribution >= 4 is 6.21 Å². The SMILES string of the molecule is C[C@@H](C/C=N\O)CCCC(C)(C)O. The number of aliphatic hydroxyl groups is 1. The molecule has 0 aromatic rings. The molecule has 0 bridgehead atoms. The molecule has 0 aromatic heterocycles. The first-order valence-corrected chi connectivity index (χ1v) is 4.84. The highest BCUT2D eigenvalue weighted by molar-refractivity contribution is 5.56. The van der Waals surface area contributed by atoms with Crippen LogP contribution < -0.4 is 0 Å². The maximum atomic E-state index is 9.44. The van der Waals surface area contributed by atoms with Gasteiger partial charge in [0.15, 0.2) is 0 Å². The van der Waals surface area contributed by atoms with E-state index in [1.165, 1.54) is 6.21 Å². The van der Waals surface area contributed by atoms with Gasteiger partial charge in [-0.2, -0.15) is 0 Å². The molecule has 0 rings (SSSR count). The highest BCUT2D eigenvalue weighted by Gasteiger charge is 2.12. The van der Waals surface area contributed by atoms with Gasteiger partial charge < -0.3 is 10.3 Å². The molecular formula is C10H21NO2. The summed E-state index contributed by atoms with van der Waals surface area (Å²) in [5.74, 6) is 0.526. The molecule has 1 atom stereocenters. The predicted molar refractivity (Wildman–Crippen MR) is 54.2 cm³/mol. The molecule has 3 heteroatoms. The van der Waals surface area contributed by atoms with Gasteiger partial charge in [0.05, 0.1) is 5.60 Å². The molecule has 0 aromatic carbocycles. The van der Waals surface area contributed by atoms with Crippen LogP contribution in [-0.2, 0) is 0 Å². The molecule has 0 aliphatic heterocycles. The Hall–Kier alpha value is -0.570. The molecule has 0 radical (unpaired) electrons. The zero-order valence-electron chi connectivity index (χ0n) is 8.82. The summed E-state index contributed by atoms with van der Waals surface area (Å²) >= 11 is 0. The second-order valence-corrected chi connectivity index (χ2v) is 4.34. The lowest BCUT2D eigenvalue weighted by atomic mass is 9.95. The summed E-state index contributed by atoms with van der Waals surface area (Å²) < 4.78 is 0. The van der Waals surface area contributed by atoms with Gasteiger partial charge in [0.25, 0.3) is 0 Å². The monoisotopic (exact) mass is 187 g/mol. The Morgan fingerprint density at radius 1 is 1.46 bits per heavy atom. The zero-order valence-corrected chi connectivity index (χ0v) is 8.82. The molecule has 0 aliphatic carbocycles. The summed E-state index contributed by atoms with van der Waals surface area (Å²) in [6, 6.07) is 0. The van der Waals surface area contributed by atoms with E-state index < -0.39 is 5.60 Å². The number of hydrogen-bond acceptors (Lipinski definition) is 3. The molecule has 2 N–H and O–H groups in total. The second kappa shape index (κ2) is 5.97. The smallest absolute Gasteiger partial charge is 0.0591 e. The Bertz CT molecular complexity index is 149. The standard InChI is InChI=1S/C10H21NO2/c1-9(6-8-11-13)5-4-7-10(2,3)12/h8-9,12-13H,4-7H2,1-3H3/b11-8-/t9-/m1/s1. The van der Waals surface area contributed by atoms with E-state index in [0.29, 0.717) is 5.92 Å². The van der Waals surface area contributed by atoms with Gasteiger partial charge in [-0.15, -0.1) is 5.16 Å². The minimum Gasteiger partial charge on any atom is -0.411 e. The Morgan fingerprint density at radius 2 is 2.08 bits per heavy atom. The van der Waals surface area contributed by atoms with Crippen molar-refractivity contribution < 1.29 is 10.3 Å². The van der Waals surface area contributed by atoms with Gasteiger partial charge in [0.2, 0.25) is 0 Å². The molecular weight excluding hydrogens is 166 g/mol. The third-order valence-electron chi connectivity index (χ3n) is 2.07. The van der Waals surface area contributed by atoms with E-state index in [9.17, 15) is 5.11 Å². The van der Waals surface area contributed by atoms with E-state index in [-0.39, 0.29) is 0 Å². The van der Waals surface area contributed by atoms with Gasteiger partial charge in [-0.25, -0.2) is 0 Å². The van der Waals surface area contributed by atoms with E-state index >= 15 is 0 Å². The number of nitrogens with zero attached hydrogens (tertiary/aromatic N) is 1. The van der Waals surface area contributed by atoms with Crippen molar-refractivity contribution in [3.05, 3.63) is 0 Å². The van der Waals surface area contributed by atoms with Crippen LogP contribution in [0.1, 0.15) is 46.5 Å². The average Bonchev–Trinajstić information content (AvgIpc) is 1.98. The lowest BCUT2D eigenvalue weighted by Gasteiger charge is -2.17. The number of hydrogen-bond donors (Lipinski definition) is 2. The summed E-state index contributed by atoms with van der Waals surface area (Å²) in [6.07, 6.45) is 5.24. The molecule has 0 spiro atoms. The molecule has 0 heterocycles. The fourth-order valence-corrected chi connectivity index (χ4v) is 1.23. The average molecular weight is 187 g/mol. The van der Waals surface area contributed by atoms with Gasteiger partial charge >= 0.3 is 0 Å². The lowest BCUT2D eigenvalue weighted by Crippen LogP contribution is -2.18. The molecule has 13 heavy (non-hydrogen) atoms.